The lowest BCUT2D eigenvalue weighted by atomic mass is 10.1. The second-order valence-corrected chi connectivity index (χ2v) is 4.30. The third-order valence-corrected chi connectivity index (χ3v) is 2.84. The van der Waals surface area contributed by atoms with E-state index in [9.17, 15) is 4.79 Å². The fourth-order valence-electron chi connectivity index (χ4n) is 1.79. The van der Waals surface area contributed by atoms with Gasteiger partial charge in [0.15, 0.2) is 0 Å². The normalized spacial score (nSPS) is 12.8. The number of nitrogens with two attached hydrogens (primary N) is 1. The molecule has 1 atom stereocenters. The number of benzene rings is 1. The Labute approximate surface area is 118 Å². The summed E-state index contributed by atoms with van der Waals surface area (Å²) >= 11 is 0. The predicted molar refractivity (Wildman–Crippen MR) is 77.2 cm³/mol. The van der Waals surface area contributed by atoms with Gasteiger partial charge in [0.1, 0.15) is 11.6 Å². The summed E-state index contributed by atoms with van der Waals surface area (Å²) in [6.45, 7) is 4.28. The fraction of sp³-hybridized carbons (Fsp3) is 0.429. The Balaban J connectivity index is 2.79. The molecule has 0 fully saturated rings. The number of nitrogens with zero attached hydrogens (tertiary/aromatic N) is 1. The molecule has 1 unspecified atom stereocenters. The lowest BCUT2D eigenvalue weighted by Gasteiger charge is -2.17. The number of carbonyl (C=O) groups excluding carboxylic acids is 1. The average Bonchev–Trinajstić information content (AvgIpc) is 2.47. The van der Waals surface area contributed by atoms with E-state index in [-0.39, 0.29) is 17.8 Å². The number of rotatable bonds is 7. The summed E-state index contributed by atoms with van der Waals surface area (Å²) < 4.78 is 5.43. The Morgan fingerprint density at radius 2 is 2.15 bits per heavy atom. The van der Waals surface area contributed by atoms with Crippen LogP contribution in [0.2, 0.25) is 0 Å². The van der Waals surface area contributed by atoms with Crippen molar-refractivity contribution in [3.8, 4) is 5.75 Å². The molecule has 0 radical (unpaired) electrons. The van der Waals surface area contributed by atoms with Crippen LogP contribution in [0.1, 0.15) is 37.0 Å². The van der Waals surface area contributed by atoms with Gasteiger partial charge in [0.25, 0.3) is 5.91 Å². The number of hydrogen-bond acceptors (Lipinski definition) is 4. The molecule has 0 aliphatic rings. The van der Waals surface area contributed by atoms with Crippen LogP contribution < -0.4 is 15.8 Å². The maximum Gasteiger partial charge on any atom is 0.255 e. The maximum absolute atomic E-state index is 12.2. The molecule has 0 spiro atoms. The zero-order valence-corrected chi connectivity index (χ0v) is 11.8. The average molecular weight is 279 g/mol. The lowest BCUT2D eigenvalue weighted by Crippen LogP contribution is -2.37. The Morgan fingerprint density at radius 1 is 1.45 bits per heavy atom. The molecule has 0 heterocycles. The van der Waals surface area contributed by atoms with Crippen molar-refractivity contribution in [2.45, 2.75) is 32.7 Å². The number of amides is 1. The Kier molecular flexibility index (Phi) is 6.36. The minimum Gasteiger partial charge on any atom is -0.493 e. The van der Waals surface area contributed by atoms with E-state index < -0.39 is 0 Å². The van der Waals surface area contributed by atoms with Gasteiger partial charge in [-0.25, -0.2) is 0 Å². The van der Waals surface area contributed by atoms with Crippen LogP contribution in [-0.4, -0.2) is 29.6 Å². The van der Waals surface area contributed by atoms with Crippen LogP contribution in [0.3, 0.4) is 0 Å². The van der Waals surface area contributed by atoms with E-state index in [1.807, 2.05) is 19.9 Å². The van der Waals surface area contributed by atoms with Crippen molar-refractivity contribution in [3.05, 3.63) is 29.8 Å². The van der Waals surface area contributed by atoms with E-state index in [4.69, 9.17) is 15.7 Å². The number of hydrogen-bond donors (Lipinski definition) is 3. The molecule has 6 heteroatoms. The van der Waals surface area contributed by atoms with E-state index >= 15 is 0 Å². The molecule has 20 heavy (non-hydrogen) atoms. The monoisotopic (exact) mass is 279 g/mol. The third kappa shape index (κ3) is 4.46. The van der Waals surface area contributed by atoms with Crippen molar-refractivity contribution < 1.29 is 14.7 Å². The maximum atomic E-state index is 12.2. The van der Waals surface area contributed by atoms with Gasteiger partial charge in [0.05, 0.1) is 12.2 Å². The van der Waals surface area contributed by atoms with Crippen molar-refractivity contribution in [2.75, 3.05) is 6.61 Å². The second kappa shape index (κ2) is 8.04. The van der Waals surface area contributed by atoms with Crippen LogP contribution >= 0.6 is 0 Å². The van der Waals surface area contributed by atoms with Crippen LogP contribution in [0, 0.1) is 0 Å². The quantitative estimate of drug-likeness (QED) is 0.306. The molecule has 0 aromatic heterocycles. The number of ether oxygens (including phenoxy) is 1. The van der Waals surface area contributed by atoms with E-state index in [1.165, 1.54) is 0 Å². The molecule has 0 saturated carbocycles. The highest BCUT2D eigenvalue weighted by Crippen LogP contribution is 2.18. The minimum absolute atomic E-state index is 0.0928. The Morgan fingerprint density at radius 3 is 2.75 bits per heavy atom. The smallest absolute Gasteiger partial charge is 0.255 e. The van der Waals surface area contributed by atoms with E-state index in [2.05, 4.69) is 10.5 Å². The van der Waals surface area contributed by atoms with E-state index in [0.29, 0.717) is 30.8 Å². The standard InChI is InChI=1S/C14H21N3O3/c1-3-10(9-13(15)17-19)16-14(18)11-7-5-6-8-12(11)20-4-2/h5-8,10,19H,3-4,9H2,1-2H3,(H2,15,17)(H,16,18). The largest absolute Gasteiger partial charge is 0.493 e. The van der Waals surface area contributed by atoms with Gasteiger partial charge in [-0.2, -0.15) is 0 Å². The van der Waals surface area contributed by atoms with Gasteiger partial charge in [-0.15, -0.1) is 0 Å². The molecule has 4 N–H and O–H groups in total. The molecule has 0 saturated heterocycles. The summed E-state index contributed by atoms with van der Waals surface area (Å²) in [4.78, 5) is 12.2. The van der Waals surface area contributed by atoms with Gasteiger partial charge in [-0.05, 0) is 25.5 Å². The van der Waals surface area contributed by atoms with E-state index in [0.717, 1.165) is 0 Å². The molecule has 1 amide bonds. The lowest BCUT2D eigenvalue weighted by molar-refractivity contribution is 0.0933. The molecule has 110 valence electrons. The van der Waals surface area contributed by atoms with Gasteiger partial charge in [-0.3, -0.25) is 4.79 Å². The van der Waals surface area contributed by atoms with Crippen LogP contribution in [0.25, 0.3) is 0 Å². The van der Waals surface area contributed by atoms with Crippen molar-refractivity contribution in [2.24, 2.45) is 10.9 Å². The summed E-state index contributed by atoms with van der Waals surface area (Å²) in [5, 5.41) is 14.4. The van der Waals surface area contributed by atoms with Gasteiger partial charge in [0.2, 0.25) is 0 Å². The molecule has 1 aromatic rings. The molecule has 0 bridgehead atoms. The molecule has 1 rings (SSSR count). The van der Waals surface area contributed by atoms with Crippen LogP contribution in [0.15, 0.2) is 29.4 Å². The van der Waals surface area contributed by atoms with Gasteiger partial charge < -0.3 is 21.0 Å². The van der Waals surface area contributed by atoms with Crippen molar-refractivity contribution in [1.29, 1.82) is 0 Å². The van der Waals surface area contributed by atoms with Crippen molar-refractivity contribution in [1.82, 2.24) is 5.32 Å². The third-order valence-electron chi connectivity index (χ3n) is 2.84. The first kappa shape index (κ1) is 15.8. The fourth-order valence-corrected chi connectivity index (χ4v) is 1.79. The number of carbonyl (C=O) groups is 1. The molecular formula is C14H21N3O3. The van der Waals surface area contributed by atoms with Crippen molar-refractivity contribution >= 4 is 11.7 Å². The minimum atomic E-state index is -0.230. The first-order valence-electron chi connectivity index (χ1n) is 6.61. The summed E-state index contributed by atoms with van der Waals surface area (Å²) in [5.41, 5.74) is 5.94. The first-order chi connectivity index (χ1) is 9.62. The number of para-hydroxylation sites is 1. The highest BCUT2D eigenvalue weighted by molar-refractivity contribution is 5.97. The van der Waals surface area contributed by atoms with Gasteiger partial charge >= 0.3 is 0 Å². The topological polar surface area (TPSA) is 96.9 Å². The zero-order chi connectivity index (χ0) is 15.0. The number of oxime groups is 1. The molecule has 0 aliphatic carbocycles. The van der Waals surface area contributed by atoms with E-state index in [1.54, 1.807) is 18.2 Å². The zero-order valence-electron chi connectivity index (χ0n) is 11.8. The summed E-state index contributed by atoms with van der Waals surface area (Å²) in [7, 11) is 0. The Hall–Kier alpha value is -2.24. The molecule has 6 nitrogen and oxygen atoms in total. The van der Waals surface area contributed by atoms with Crippen molar-refractivity contribution in [3.63, 3.8) is 0 Å². The van der Waals surface area contributed by atoms with Crippen LogP contribution in [0.5, 0.6) is 5.75 Å². The number of amidine groups is 1. The van der Waals surface area contributed by atoms with Gasteiger partial charge in [-0.1, -0.05) is 24.2 Å². The SMILES string of the molecule is CCOc1ccccc1C(=O)NC(CC)CC(N)=NO. The highest BCUT2D eigenvalue weighted by Gasteiger charge is 2.16. The summed E-state index contributed by atoms with van der Waals surface area (Å²) in [6.07, 6.45) is 0.980. The Bertz CT molecular complexity index is 474. The first-order valence-corrected chi connectivity index (χ1v) is 6.61. The molecular weight excluding hydrogens is 258 g/mol. The number of nitrogens with one attached hydrogen (secondary N) is 1. The van der Waals surface area contributed by atoms with Crippen LogP contribution in [-0.2, 0) is 0 Å². The highest BCUT2D eigenvalue weighted by atomic mass is 16.5. The van der Waals surface area contributed by atoms with Crippen LogP contribution in [0.4, 0.5) is 0 Å². The van der Waals surface area contributed by atoms with Gasteiger partial charge in [0, 0.05) is 12.5 Å². The predicted octanol–water partition coefficient (Wildman–Crippen LogP) is 1.73. The molecule has 0 aliphatic heterocycles. The molecule has 1 aromatic carbocycles. The summed E-state index contributed by atoms with van der Waals surface area (Å²) in [6, 6.07) is 6.87. The summed E-state index contributed by atoms with van der Waals surface area (Å²) in [5.74, 6) is 0.410. The second-order valence-electron chi connectivity index (χ2n) is 4.30.